The number of carbonyl (C=O) groups excluding carboxylic acids is 2. The highest BCUT2D eigenvalue weighted by Gasteiger charge is 2.30. The number of hydrogen-bond donors (Lipinski definition) is 3. The van der Waals surface area contributed by atoms with Crippen LogP contribution in [0.2, 0.25) is 0 Å². The molecule has 0 spiro atoms. The maximum atomic E-state index is 11.8. The van der Waals surface area contributed by atoms with Crippen molar-refractivity contribution in [2.75, 3.05) is 19.6 Å². The van der Waals surface area contributed by atoms with Crippen LogP contribution in [-0.4, -0.2) is 48.6 Å². The summed E-state index contributed by atoms with van der Waals surface area (Å²) in [5.74, 6) is -0.314. The lowest BCUT2D eigenvalue weighted by Crippen LogP contribution is -2.55. The first-order valence-electron chi connectivity index (χ1n) is 6.63. The summed E-state index contributed by atoms with van der Waals surface area (Å²) < 4.78 is 0. The van der Waals surface area contributed by atoms with E-state index in [1.807, 2.05) is 6.92 Å². The van der Waals surface area contributed by atoms with Crippen molar-refractivity contribution in [1.29, 1.82) is 0 Å². The molecule has 1 aliphatic heterocycles. The van der Waals surface area contributed by atoms with Gasteiger partial charge in [-0.05, 0) is 32.9 Å². The summed E-state index contributed by atoms with van der Waals surface area (Å²) in [5, 5.41) is 5.47. The van der Waals surface area contributed by atoms with Crippen molar-refractivity contribution in [3.05, 3.63) is 0 Å². The zero-order valence-electron chi connectivity index (χ0n) is 11.2. The van der Waals surface area contributed by atoms with Gasteiger partial charge < -0.3 is 11.1 Å². The number of primary amides is 1. The number of likely N-dealkylation sites (N-methyl/N-ethyl adjacent to an activating group) is 1. The minimum absolute atomic E-state index is 0.314. The van der Waals surface area contributed by atoms with Crippen LogP contribution >= 0.6 is 0 Å². The number of urea groups is 1. The average Bonchev–Trinajstić information content (AvgIpc) is 2.35. The highest BCUT2D eigenvalue weighted by molar-refractivity contribution is 5.96. The number of piperidine rings is 1. The molecule has 1 rings (SSSR count). The first-order chi connectivity index (χ1) is 8.56. The smallest absolute Gasteiger partial charge is 0.318 e. The van der Waals surface area contributed by atoms with Gasteiger partial charge in [0.1, 0.15) is 0 Å². The number of nitrogens with two attached hydrogens (primary N) is 1. The highest BCUT2D eigenvalue weighted by Crippen LogP contribution is 2.19. The van der Waals surface area contributed by atoms with Crippen LogP contribution in [0.15, 0.2) is 0 Å². The Bertz CT molecular complexity index is 296. The fraction of sp³-hybridized carbons (Fsp3) is 0.833. The van der Waals surface area contributed by atoms with Gasteiger partial charge in [0.2, 0.25) is 5.91 Å². The fourth-order valence-electron chi connectivity index (χ4n) is 2.44. The predicted octanol–water partition coefficient (Wildman–Crippen LogP) is 0.0338. The van der Waals surface area contributed by atoms with E-state index in [0.29, 0.717) is 6.04 Å². The molecule has 0 bridgehead atoms. The van der Waals surface area contributed by atoms with Crippen LogP contribution < -0.4 is 16.4 Å². The van der Waals surface area contributed by atoms with E-state index in [-0.39, 0.29) is 11.9 Å². The molecule has 1 heterocycles. The van der Waals surface area contributed by atoms with E-state index >= 15 is 0 Å². The van der Waals surface area contributed by atoms with Crippen LogP contribution in [0.4, 0.5) is 4.79 Å². The summed E-state index contributed by atoms with van der Waals surface area (Å²) in [6.07, 6.45) is 3.37. The van der Waals surface area contributed by atoms with Gasteiger partial charge in [-0.3, -0.25) is 15.0 Å². The number of hydrogen-bond acceptors (Lipinski definition) is 4. The van der Waals surface area contributed by atoms with Gasteiger partial charge in [-0.1, -0.05) is 13.3 Å². The monoisotopic (exact) mass is 256 g/mol. The van der Waals surface area contributed by atoms with Crippen LogP contribution in [0.5, 0.6) is 0 Å². The second-order valence-corrected chi connectivity index (χ2v) is 4.72. The Balaban J connectivity index is 2.58. The molecule has 2 unspecified atom stereocenters. The fourth-order valence-corrected chi connectivity index (χ4v) is 2.44. The minimum atomic E-state index is -0.785. The van der Waals surface area contributed by atoms with E-state index in [4.69, 9.17) is 5.73 Å². The lowest BCUT2D eigenvalue weighted by atomic mass is 9.99. The van der Waals surface area contributed by atoms with Gasteiger partial charge in [0, 0.05) is 12.6 Å². The molecule has 6 heteroatoms. The Labute approximate surface area is 108 Å². The van der Waals surface area contributed by atoms with Gasteiger partial charge in [0.05, 0.1) is 6.04 Å². The summed E-state index contributed by atoms with van der Waals surface area (Å²) in [4.78, 5) is 24.7. The second-order valence-electron chi connectivity index (χ2n) is 4.72. The zero-order valence-corrected chi connectivity index (χ0v) is 11.2. The van der Waals surface area contributed by atoms with E-state index < -0.39 is 6.03 Å². The van der Waals surface area contributed by atoms with Gasteiger partial charge in [-0.15, -0.1) is 0 Å². The Hall–Kier alpha value is -1.14. The molecule has 1 saturated heterocycles. The molecular formula is C12H24N4O2. The molecule has 1 aliphatic rings. The van der Waals surface area contributed by atoms with E-state index in [1.54, 1.807) is 0 Å². The molecule has 0 aromatic carbocycles. The lowest BCUT2D eigenvalue weighted by Gasteiger charge is -2.39. The summed E-state index contributed by atoms with van der Waals surface area (Å²) in [6, 6.07) is -0.749. The van der Waals surface area contributed by atoms with Crippen LogP contribution in [-0.2, 0) is 4.79 Å². The van der Waals surface area contributed by atoms with Crippen molar-refractivity contribution in [1.82, 2.24) is 15.5 Å². The first-order valence-corrected chi connectivity index (χ1v) is 6.63. The molecule has 4 N–H and O–H groups in total. The van der Waals surface area contributed by atoms with Gasteiger partial charge in [-0.25, -0.2) is 4.79 Å². The largest absolute Gasteiger partial charge is 0.351 e. The molecule has 0 aliphatic carbocycles. The minimum Gasteiger partial charge on any atom is -0.351 e. The van der Waals surface area contributed by atoms with Gasteiger partial charge >= 0.3 is 6.03 Å². The molecule has 0 aromatic rings. The number of nitrogens with one attached hydrogen (secondary N) is 2. The second kappa shape index (κ2) is 7.33. The van der Waals surface area contributed by atoms with E-state index in [2.05, 4.69) is 22.5 Å². The van der Waals surface area contributed by atoms with Crippen molar-refractivity contribution in [2.45, 2.75) is 45.2 Å². The molecule has 18 heavy (non-hydrogen) atoms. The quantitative estimate of drug-likeness (QED) is 0.648. The lowest BCUT2D eigenvalue weighted by molar-refractivity contribution is -0.126. The Morgan fingerprint density at radius 1 is 1.44 bits per heavy atom. The van der Waals surface area contributed by atoms with E-state index in [0.717, 1.165) is 32.5 Å². The Kier molecular flexibility index (Phi) is 6.07. The van der Waals surface area contributed by atoms with Crippen LogP contribution in [0.3, 0.4) is 0 Å². The van der Waals surface area contributed by atoms with Crippen LogP contribution in [0.1, 0.15) is 33.1 Å². The number of imide groups is 1. The van der Waals surface area contributed by atoms with Crippen molar-refractivity contribution < 1.29 is 9.59 Å². The summed E-state index contributed by atoms with van der Waals surface area (Å²) >= 11 is 0. The molecule has 0 aromatic heterocycles. The Morgan fingerprint density at radius 2 is 2.17 bits per heavy atom. The number of amides is 3. The molecular weight excluding hydrogens is 232 g/mol. The van der Waals surface area contributed by atoms with Crippen LogP contribution in [0, 0.1) is 0 Å². The summed E-state index contributed by atoms with van der Waals surface area (Å²) in [7, 11) is 0. The Morgan fingerprint density at radius 3 is 2.78 bits per heavy atom. The van der Waals surface area contributed by atoms with Gasteiger partial charge in [0.25, 0.3) is 0 Å². The molecule has 0 saturated carbocycles. The maximum Gasteiger partial charge on any atom is 0.318 e. The topological polar surface area (TPSA) is 87.5 Å². The summed E-state index contributed by atoms with van der Waals surface area (Å²) in [5.41, 5.74) is 4.97. The van der Waals surface area contributed by atoms with Gasteiger partial charge in [0.15, 0.2) is 0 Å². The number of nitrogens with zero attached hydrogens (tertiary/aromatic N) is 1. The molecule has 104 valence electrons. The van der Waals surface area contributed by atoms with Crippen molar-refractivity contribution in [3.8, 4) is 0 Å². The highest BCUT2D eigenvalue weighted by atomic mass is 16.2. The van der Waals surface area contributed by atoms with E-state index in [9.17, 15) is 9.59 Å². The van der Waals surface area contributed by atoms with Crippen molar-refractivity contribution in [2.24, 2.45) is 5.73 Å². The standard InChI is InChI=1S/C12H24N4O2/c1-3-14-8-10-6-4-5-7-16(10)9(2)11(17)15-12(13)18/h9-10,14H,3-8H2,1-2H3,(H3,13,15,17,18). The maximum absolute atomic E-state index is 11.8. The number of carbonyl (C=O) groups is 2. The van der Waals surface area contributed by atoms with Crippen molar-refractivity contribution in [3.63, 3.8) is 0 Å². The predicted molar refractivity (Wildman–Crippen MR) is 70.1 cm³/mol. The normalized spacial score (nSPS) is 22.4. The first kappa shape index (κ1) is 14.9. The number of likely N-dealkylation sites (tertiary alicyclic amines) is 1. The third-order valence-electron chi connectivity index (χ3n) is 3.43. The van der Waals surface area contributed by atoms with Crippen LogP contribution in [0.25, 0.3) is 0 Å². The van der Waals surface area contributed by atoms with Crippen molar-refractivity contribution >= 4 is 11.9 Å². The molecule has 2 atom stereocenters. The average molecular weight is 256 g/mol. The molecule has 3 amide bonds. The SMILES string of the molecule is CCNCC1CCCCN1C(C)C(=O)NC(N)=O. The van der Waals surface area contributed by atoms with E-state index in [1.165, 1.54) is 6.42 Å². The molecule has 1 fully saturated rings. The summed E-state index contributed by atoms with van der Waals surface area (Å²) in [6.45, 7) is 6.58. The number of rotatable bonds is 5. The van der Waals surface area contributed by atoms with Gasteiger partial charge in [-0.2, -0.15) is 0 Å². The molecule has 0 radical (unpaired) electrons. The third kappa shape index (κ3) is 4.27. The zero-order chi connectivity index (χ0) is 13.5. The third-order valence-corrected chi connectivity index (χ3v) is 3.43. The molecule has 6 nitrogen and oxygen atoms in total.